The van der Waals surface area contributed by atoms with Gasteiger partial charge in [0.1, 0.15) is 6.10 Å². The van der Waals surface area contributed by atoms with Crippen LogP contribution in [0.15, 0.2) is 30.3 Å². The van der Waals surface area contributed by atoms with Gasteiger partial charge >= 0.3 is 12.1 Å². The molecular weight excluding hydrogens is 348 g/mol. The van der Waals surface area contributed by atoms with E-state index < -0.39 is 6.10 Å². The maximum absolute atomic E-state index is 12.1. The van der Waals surface area contributed by atoms with Gasteiger partial charge in [-0.2, -0.15) is 0 Å². The molecular formula is C19H30N4O4. The number of hydrogen-bond donors (Lipinski definition) is 5. The van der Waals surface area contributed by atoms with Gasteiger partial charge in [0.15, 0.2) is 0 Å². The molecule has 150 valence electrons. The minimum absolute atomic E-state index is 0.0586. The van der Waals surface area contributed by atoms with Crippen LogP contribution in [0.2, 0.25) is 0 Å². The van der Waals surface area contributed by atoms with Gasteiger partial charge in [0.05, 0.1) is 18.8 Å². The second-order valence-corrected chi connectivity index (χ2v) is 6.97. The molecule has 1 saturated heterocycles. The third-order valence-corrected chi connectivity index (χ3v) is 4.32. The van der Waals surface area contributed by atoms with E-state index in [4.69, 9.17) is 4.74 Å². The zero-order valence-electron chi connectivity index (χ0n) is 15.9. The van der Waals surface area contributed by atoms with E-state index >= 15 is 0 Å². The minimum atomic E-state index is -0.463. The number of nitrogens with one attached hydrogen (secondary N) is 4. The average molecular weight is 378 g/mol. The Morgan fingerprint density at radius 1 is 1.19 bits per heavy atom. The van der Waals surface area contributed by atoms with Crippen molar-refractivity contribution >= 4 is 17.7 Å². The average Bonchev–Trinajstić information content (AvgIpc) is 2.63. The molecule has 8 heteroatoms. The highest BCUT2D eigenvalue weighted by Gasteiger charge is 2.31. The summed E-state index contributed by atoms with van der Waals surface area (Å²) in [5.74, 6) is 0. The van der Waals surface area contributed by atoms with Crippen molar-refractivity contribution in [2.24, 2.45) is 0 Å². The van der Waals surface area contributed by atoms with Crippen LogP contribution in [0.25, 0.3) is 0 Å². The Balaban J connectivity index is 1.73. The number of benzene rings is 1. The van der Waals surface area contributed by atoms with Crippen molar-refractivity contribution in [2.75, 3.05) is 18.5 Å². The maximum Gasteiger partial charge on any atom is 0.319 e. The highest BCUT2D eigenvalue weighted by Crippen LogP contribution is 2.21. The number of carbonyl (C=O) groups is 2. The van der Waals surface area contributed by atoms with Gasteiger partial charge in [0.2, 0.25) is 0 Å². The maximum atomic E-state index is 12.1. The first kappa shape index (κ1) is 21.0. The van der Waals surface area contributed by atoms with Crippen LogP contribution in [0.1, 0.15) is 33.1 Å². The van der Waals surface area contributed by atoms with Gasteiger partial charge in [0.25, 0.3) is 0 Å². The molecule has 27 heavy (non-hydrogen) atoms. The normalized spacial score (nSPS) is 22.1. The molecule has 2 rings (SSSR count). The third-order valence-electron chi connectivity index (χ3n) is 4.32. The molecule has 0 saturated carbocycles. The zero-order chi connectivity index (χ0) is 19.6. The van der Waals surface area contributed by atoms with Crippen molar-refractivity contribution in [2.45, 2.75) is 57.4 Å². The molecule has 0 radical (unpaired) electrons. The largest absolute Gasteiger partial charge is 0.394 e. The van der Waals surface area contributed by atoms with Gasteiger partial charge in [-0.3, -0.25) is 0 Å². The summed E-state index contributed by atoms with van der Waals surface area (Å²) >= 11 is 0. The first-order chi connectivity index (χ1) is 13.0. The number of aliphatic hydroxyl groups is 1. The topological polar surface area (TPSA) is 112 Å². The Kier molecular flexibility index (Phi) is 8.35. The quantitative estimate of drug-likeness (QED) is 0.498. The zero-order valence-corrected chi connectivity index (χ0v) is 15.9. The minimum Gasteiger partial charge on any atom is -0.394 e. The second kappa shape index (κ2) is 10.7. The van der Waals surface area contributed by atoms with E-state index in [1.165, 1.54) is 0 Å². The van der Waals surface area contributed by atoms with Crippen molar-refractivity contribution in [1.29, 1.82) is 0 Å². The van der Waals surface area contributed by atoms with Gasteiger partial charge in [-0.1, -0.05) is 18.2 Å². The van der Waals surface area contributed by atoms with E-state index in [0.29, 0.717) is 25.1 Å². The summed E-state index contributed by atoms with van der Waals surface area (Å²) in [7, 11) is 0. The molecule has 1 heterocycles. The van der Waals surface area contributed by atoms with E-state index in [9.17, 15) is 14.7 Å². The molecule has 1 aromatic rings. The Hall–Kier alpha value is -2.32. The third kappa shape index (κ3) is 7.44. The van der Waals surface area contributed by atoms with Crippen LogP contribution in [0, 0.1) is 0 Å². The number of urea groups is 2. The van der Waals surface area contributed by atoms with Crippen molar-refractivity contribution in [1.82, 2.24) is 16.0 Å². The molecule has 0 bridgehead atoms. The summed E-state index contributed by atoms with van der Waals surface area (Å²) in [6, 6.07) is 8.48. The standard InChI is InChI=1S/C19H30N4O4/c1-13(2)21-18(25)20-11-10-15-8-9-16(17(12-24)27-15)23-19(26)22-14-6-4-3-5-7-14/h3-7,13,15-17,24H,8-12H2,1-2H3,(H2,20,21,25)(H2,22,23,26)/t15-,16-,17+/m0/s1. The summed E-state index contributed by atoms with van der Waals surface area (Å²) in [4.78, 5) is 23.7. The molecule has 0 unspecified atom stereocenters. The molecule has 1 aliphatic rings. The van der Waals surface area contributed by atoms with Crippen molar-refractivity contribution in [3.63, 3.8) is 0 Å². The summed E-state index contributed by atoms with van der Waals surface area (Å²) in [5.41, 5.74) is 0.705. The van der Waals surface area contributed by atoms with E-state index in [2.05, 4.69) is 21.3 Å². The van der Waals surface area contributed by atoms with Crippen LogP contribution in [-0.4, -0.2) is 54.6 Å². The first-order valence-electron chi connectivity index (χ1n) is 9.41. The van der Waals surface area contributed by atoms with Crippen LogP contribution < -0.4 is 21.3 Å². The van der Waals surface area contributed by atoms with E-state index in [1.807, 2.05) is 32.0 Å². The molecule has 1 aliphatic heterocycles. The number of anilines is 1. The van der Waals surface area contributed by atoms with Crippen molar-refractivity contribution < 1.29 is 19.4 Å². The van der Waals surface area contributed by atoms with Crippen LogP contribution in [0.5, 0.6) is 0 Å². The molecule has 1 fully saturated rings. The molecule has 8 nitrogen and oxygen atoms in total. The number of amides is 4. The van der Waals surface area contributed by atoms with Gasteiger partial charge in [-0.15, -0.1) is 0 Å². The van der Waals surface area contributed by atoms with Gasteiger partial charge in [0, 0.05) is 18.3 Å². The molecule has 3 atom stereocenters. The number of hydrogen-bond acceptors (Lipinski definition) is 4. The first-order valence-corrected chi connectivity index (χ1v) is 9.41. The lowest BCUT2D eigenvalue weighted by Crippen LogP contribution is -2.52. The molecule has 5 N–H and O–H groups in total. The Morgan fingerprint density at radius 2 is 1.93 bits per heavy atom. The molecule has 4 amide bonds. The van der Waals surface area contributed by atoms with Crippen LogP contribution in [-0.2, 0) is 4.74 Å². The number of para-hydroxylation sites is 1. The van der Waals surface area contributed by atoms with E-state index in [-0.39, 0.29) is 36.9 Å². The van der Waals surface area contributed by atoms with Gasteiger partial charge < -0.3 is 31.1 Å². The fraction of sp³-hybridized carbons (Fsp3) is 0.579. The van der Waals surface area contributed by atoms with Crippen LogP contribution >= 0.6 is 0 Å². The number of aliphatic hydroxyl groups excluding tert-OH is 1. The van der Waals surface area contributed by atoms with E-state index in [0.717, 1.165) is 6.42 Å². The monoisotopic (exact) mass is 378 g/mol. The van der Waals surface area contributed by atoms with Gasteiger partial charge in [-0.25, -0.2) is 9.59 Å². The molecule has 0 spiro atoms. The number of ether oxygens (including phenoxy) is 1. The molecule has 1 aromatic carbocycles. The number of carbonyl (C=O) groups excluding carboxylic acids is 2. The second-order valence-electron chi connectivity index (χ2n) is 6.97. The van der Waals surface area contributed by atoms with Crippen molar-refractivity contribution in [3.05, 3.63) is 30.3 Å². The lowest BCUT2D eigenvalue weighted by atomic mass is 9.97. The molecule has 0 aliphatic carbocycles. The lowest BCUT2D eigenvalue weighted by Gasteiger charge is -2.36. The summed E-state index contributed by atoms with van der Waals surface area (Å²) in [6.45, 7) is 4.12. The van der Waals surface area contributed by atoms with Crippen LogP contribution in [0.3, 0.4) is 0 Å². The summed E-state index contributed by atoms with van der Waals surface area (Å²) in [5, 5.41) is 20.8. The molecule has 0 aromatic heterocycles. The lowest BCUT2D eigenvalue weighted by molar-refractivity contribution is -0.0885. The van der Waals surface area contributed by atoms with Gasteiger partial charge in [-0.05, 0) is 45.2 Å². The highest BCUT2D eigenvalue weighted by molar-refractivity contribution is 5.89. The van der Waals surface area contributed by atoms with Crippen molar-refractivity contribution in [3.8, 4) is 0 Å². The smallest absolute Gasteiger partial charge is 0.319 e. The predicted octanol–water partition coefficient (Wildman–Crippen LogP) is 1.81. The summed E-state index contributed by atoms with van der Waals surface area (Å²) in [6.07, 6.45) is 1.59. The Morgan fingerprint density at radius 3 is 2.59 bits per heavy atom. The number of rotatable bonds is 7. The fourth-order valence-corrected chi connectivity index (χ4v) is 3.03. The Bertz CT molecular complexity index is 597. The predicted molar refractivity (Wildman–Crippen MR) is 104 cm³/mol. The Labute approximate surface area is 160 Å². The summed E-state index contributed by atoms with van der Waals surface area (Å²) < 4.78 is 5.90. The van der Waals surface area contributed by atoms with Crippen LogP contribution in [0.4, 0.5) is 15.3 Å². The van der Waals surface area contributed by atoms with E-state index in [1.54, 1.807) is 12.1 Å². The SMILES string of the molecule is CC(C)NC(=O)NCC[C@@H]1CC[C@H](NC(=O)Nc2ccccc2)[C@@H](CO)O1. The fourth-order valence-electron chi connectivity index (χ4n) is 3.03. The highest BCUT2D eigenvalue weighted by atomic mass is 16.5.